The molecule has 9 heteroatoms. The molecule has 0 atom stereocenters. The van der Waals surface area contributed by atoms with E-state index in [4.69, 9.17) is 4.74 Å². The lowest BCUT2D eigenvalue weighted by molar-refractivity contribution is -0.138. The van der Waals surface area contributed by atoms with Crippen LogP contribution in [0.4, 0.5) is 17.6 Å². The zero-order chi connectivity index (χ0) is 21.7. The minimum Gasteiger partial charge on any atom is -0.489 e. The number of carbonyl (C=O) groups is 1. The van der Waals surface area contributed by atoms with Crippen LogP contribution in [-0.2, 0) is 12.8 Å². The van der Waals surface area contributed by atoms with Gasteiger partial charge in [0.25, 0.3) is 5.91 Å². The Morgan fingerprint density at radius 2 is 2.00 bits per heavy atom. The highest BCUT2D eigenvalue weighted by Gasteiger charge is 2.33. The number of aromatic nitrogens is 1. The van der Waals surface area contributed by atoms with Crippen molar-refractivity contribution in [1.29, 1.82) is 0 Å². The number of benzene rings is 2. The monoisotopic (exact) mass is 436 g/mol. The fourth-order valence-corrected chi connectivity index (χ4v) is 3.43. The molecule has 0 spiro atoms. The summed E-state index contributed by atoms with van der Waals surface area (Å²) in [5.41, 5.74) is -0.539. The van der Waals surface area contributed by atoms with E-state index >= 15 is 0 Å². The maximum absolute atomic E-state index is 14.5. The van der Waals surface area contributed by atoms with Crippen LogP contribution in [0.1, 0.15) is 21.6 Å². The molecule has 0 aliphatic rings. The molecule has 1 heterocycles. The smallest absolute Gasteiger partial charge is 0.416 e. The van der Waals surface area contributed by atoms with Crippen molar-refractivity contribution in [3.63, 3.8) is 0 Å². The minimum absolute atomic E-state index is 0.0513. The summed E-state index contributed by atoms with van der Waals surface area (Å²) in [7, 11) is 0. The van der Waals surface area contributed by atoms with Crippen molar-refractivity contribution in [1.82, 2.24) is 10.3 Å². The Morgan fingerprint density at radius 1 is 1.23 bits per heavy atom. The molecule has 30 heavy (non-hydrogen) atoms. The summed E-state index contributed by atoms with van der Waals surface area (Å²) < 4.78 is 59.0. The first-order chi connectivity index (χ1) is 14.3. The molecule has 0 saturated heterocycles. The Labute approximate surface area is 173 Å². The quantitative estimate of drug-likeness (QED) is 0.395. The predicted octanol–water partition coefficient (Wildman–Crippen LogP) is 5.46. The van der Waals surface area contributed by atoms with Gasteiger partial charge in [0.2, 0.25) is 0 Å². The van der Waals surface area contributed by atoms with Crippen LogP contribution in [0.3, 0.4) is 0 Å². The molecule has 2 aromatic carbocycles. The Hall–Kier alpha value is -3.20. The Balaban J connectivity index is 1.73. The topological polar surface area (TPSA) is 51.2 Å². The first-order valence-corrected chi connectivity index (χ1v) is 9.60. The lowest BCUT2D eigenvalue weighted by Gasteiger charge is -2.13. The predicted molar refractivity (Wildman–Crippen MR) is 106 cm³/mol. The van der Waals surface area contributed by atoms with Gasteiger partial charge in [-0.3, -0.25) is 4.79 Å². The summed E-state index contributed by atoms with van der Waals surface area (Å²) in [6, 6.07) is 8.96. The lowest BCUT2D eigenvalue weighted by Crippen LogP contribution is -2.23. The molecule has 0 unspecified atom stereocenters. The molecule has 1 aromatic heterocycles. The van der Waals surface area contributed by atoms with Gasteiger partial charge in [-0.1, -0.05) is 24.3 Å². The van der Waals surface area contributed by atoms with Gasteiger partial charge in [0, 0.05) is 29.1 Å². The van der Waals surface area contributed by atoms with Crippen LogP contribution in [0.2, 0.25) is 0 Å². The molecule has 4 nitrogen and oxygen atoms in total. The number of nitrogens with one attached hydrogen (secondary N) is 1. The summed E-state index contributed by atoms with van der Waals surface area (Å²) >= 11 is 1.10. The van der Waals surface area contributed by atoms with Crippen molar-refractivity contribution in [2.24, 2.45) is 0 Å². The van der Waals surface area contributed by atoms with Gasteiger partial charge in [0.15, 0.2) is 0 Å². The van der Waals surface area contributed by atoms with Gasteiger partial charge in [-0.2, -0.15) is 13.2 Å². The number of ether oxygens (including phenoxy) is 1. The molecule has 0 saturated carbocycles. The highest BCUT2D eigenvalue weighted by molar-refractivity contribution is 7.13. The standard InChI is InChI=1S/C21H16F4N2O2S/c1-2-9-26-19(28)18-12-30-20(27-18)15-8-7-14(10-17(15)22)29-11-13-5-3-4-6-16(13)21(23,24)25/h2-8,10,12H,1,9,11H2,(H,26,28). The van der Waals surface area contributed by atoms with Crippen molar-refractivity contribution in [3.8, 4) is 16.3 Å². The summed E-state index contributed by atoms with van der Waals surface area (Å²) in [6.45, 7) is 3.42. The molecule has 156 valence electrons. The summed E-state index contributed by atoms with van der Waals surface area (Å²) in [5.74, 6) is -0.987. The second kappa shape index (κ2) is 9.08. The van der Waals surface area contributed by atoms with E-state index in [1.807, 2.05) is 0 Å². The molecule has 3 aromatic rings. The summed E-state index contributed by atoms with van der Waals surface area (Å²) in [6.07, 6.45) is -2.98. The molecular formula is C21H16F4N2O2S. The number of carbonyl (C=O) groups excluding carboxylic acids is 1. The Morgan fingerprint density at radius 3 is 2.70 bits per heavy atom. The van der Waals surface area contributed by atoms with Crippen LogP contribution >= 0.6 is 11.3 Å². The number of amides is 1. The second-order valence-corrected chi connectivity index (χ2v) is 6.98. The molecule has 3 rings (SSSR count). The van der Waals surface area contributed by atoms with Crippen molar-refractivity contribution >= 4 is 17.2 Å². The molecule has 0 radical (unpaired) electrons. The number of hydrogen-bond acceptors (Lipinski definition) is 4. The van der Waals surface area contributed by atoms with Crippen molar-refractivity contribution < 1.29 is 27.1 Å². The highest BCUT2D eigenvalue weighted by atomic mass is 32.1. The van der Waals surface area contributed by atoms with E-state index in [9.17, 15) is 22.4 Å². The van der Waals surface area contributed by atoms with E-state index in [1.54, 1.807) is 0 Å². The van der Waals surface area contributed by atoms with E-state index < -0.39 is 23.5 Å². The minimum atomic E-state index is -4.50. The number of alkyl halides is 3. The maximum Gasteiger partial charge on any atom is 0.416 e. The maximum atomic E-state index is 14.5. The lowest BCUT2D eigenvalue weighted by atomic mass is 10.1. The first kappa shape index (κ1) is 21.5. The fraction of sp³-hybridized carbons (Fsp3) is 0.143. The molecule has 1 amide bonds. The zero-order valence-corrected chi connectivity index (χ0v) is 16.3. The molecule has 0 bridgehead atoms. The SMILES string of the molecule is C=CCNC(=O)c1csc(-c2ccc(OCc3ccccc3C(F)(F)F)cc2F)n1. The van der Waals surface area contributed by atoms with Gasteiger partial charge in [-0.05, 0) is 18.2 Å². The van der Waals surface area contributed by atoms with Crippen LogP contribution in [0.5, 0.6) is 5.75 Å². The van der Waals surface area contributed by atoms with E-state index in [0.717, 1.165) is 23.5 Å². The van der Waals surface area contributed by atoms with Crippen LogP contribution in [0.15, 0.2) is 60.5 Å². The third kappa shape index (κ3) is 5.04. The number of nitrogens with zero attached hydrogens (tertiary/aromatic N) is 1. The third-order valence-corrected chi connectivity index (χ3v) is 4.91. The van der Waals surface area contributed by atoms with E-state index in [1.165, 1.54) is 41.8 Å². The number of rotatable bonds is 7. The van der Waals surface area contributed by atoms with E-state index in [0.29, 0.717) is 5.01 Å². The molecule has 0 fully saturated rings. The van der Waals surface area contributed by atoms with Crippen LogP contribution in [-0.4, -0.2) is 17.4 Å². The summed E-state index contributed by atoms with van der Waals surface area (Å²) in [4.78, 5) is 16.0. The van der Waals surface area contributed by atoms with Gasteiger partial charge < -0.3 is 10.1 Å². The average molecular weight is 436 g/mol. The normalized spacial score (nSPS) is 11.2. The molecule has 0 aliphatic carbocycles. The highest BCUT2D eigenvalue weighted by Crippen LogP contribution is 2.33. The van der Waals surface area contributed by atoms with Crippen LogP contribution in [0, 0.1) is 5.82 Å². The molecular weight excluding hydrogens is 420 g/mol. The third-order valence-electron chi connectivity index (χ3n) is 4.03. The van der Waals surface area contributed by atoms with Gasteiger partial charge in [-0.25, -0.2) is 9.37 Å². The van der Waals surface area contributed by atoms with Gasteiger partial charge in [0.05, 0.1) is 5.56 Å². The van der Waals surface area contributed by atoms with Crippen molar-refractivity contribution in [3.05, 3.63) is 83.1 Å². The van der Waals surface area contributed by atoms with Crippen LogP contribution in [0.25, 0.3) is 10.6 Å². The van der Waals surface area contributed by atoms with Gasteiger partial charge >= 0.3 is 6.18 Å². The zero-order valence-electron chi connectivity index (χ0n) is 15.5. The number of hydrogen-bond donors (Lipinski definition) is 1. The Kier molecular flexibility index (Phi) is 6.51. The fourth-order valence-electron chi connectivity index (χ4n) is 2.60. The largest absolute Gasteiger partial charge is 0.489 e. The number of halogens is 4. The van der Waals surface area contributed by atoms with Gasteiger partial charge in [-0.15, -0.1) is 17.9 Å². The Bertz CT molecular complexity index is 1060. The second-order valence-electron chi connectivity index (χ2n) is 6.12. The van der Waals surface area contributed by atoms with Crippen molar-refractivity contribution in [2.45, 2.75) is 12.8 Å². The van der Waals surface area contributed by atoms with E-state index in [2.05, 4.69) is 16.9 Å². The molecule has 1 N–H and O–H groups in total. The number of thiazole rings is 1. The molecule has 0 aliphatic heterocycles. The van der Waals surface area contributed by atoms with Gasteiger partial charge in [0.1, 0.15) is 28.9 Å². The summed E-state index contributed by atoms with van der Waals surface area (Å²) in [5, 5.41) is 4.38. The van der Waals surface area contributed by atoms with Crippen molar-refractivity contribution in [2.75, 3.05) is 6.54 Å². The van der Waals surface area contributed by atoms with E-state index in [-0.39, 0.29) is 35.7 Å². The average Bonchev–Trinajstić information content (AvgIpc) is 3.20. The van der Waals surface area contributed by atoms with Crippen LogP contribution < -0.4 is 10.1 Å². The first-order valence-electron chi connectivity index (χ1n) is 8.72.